The van der Waals surface area contributed by atoms with E-state index in [-0.39, 0.29) is 0 Å². The van der Waals surface area contributed by atoms with E-state index in [1.807, 2.05) is 0 Å². The number of nitrogens with zero attached hydrogens (tertiary/aromatic N) is 1. The standard InChI is InChI=1S/C4H8ClNO2/c1-3(2)6-8-4(5)7/h4,7H,1-2H3. The summed E-state index contributed by atoms with van der Waals surface area (Å²) in [4.78, 5) is 4.21. The minimum absolute atomic E-state index is 0.713. The van der Waals surface area contributed by atoms with Crippen LogP contribution in [0.1, 0.15) is 13.8 Å². The number of hydrogen-bond donors (Lipinski definition) is 1. The molecule has 0 fully saturated rings. The fourth-order valence-electron chi connectivity index (χ4n) is 0.149. The van der Waals surface area contributed by atoms with Gasteiger partial charge in [0.1, 0.15) is 0 Å². The quantitative estimate of drug-likeness (QED) is 0.266. The van der Waals surface area contributed by atoms with Crippen molar-refractivity contribution >= 4 is 17.3 Å². The number of rotatable bonds is 2. The van der Waals surface area contributed by atoms with Crippen molar-refractivity contribution in [2.45, 2.75) is 19.6 Å². The lowest BCUT2D eigenvalue weighted by atomic mass is 10.5. The summed E-state index contributed by atoms with van der Waals surface area (Å²) in [5.74, 6) is -1.33. The smallest absolute Gasteiger partial charge is 0.302 e. The van der Waals surface area contributed by atoms with E-state index in [2.05, 4.69) is 9.99 Å². The number of aliphatic hydroxyl groups excluding tert-OH is 1. The van der Waals surface area contributed by atoms with Gasteiger partial charge in [-0.3, -0.25) is 0 Å². The molecule has 0 aliphatic carbocycles. The van der Waals surface area contributed by atoms with Gasteiger partial charge in [-0.15, -0.1) is 0 Å². The van der Waals surface area contributed by atoms with Gasteiger partial charge in [0.25, 0.3) is 0 Å². The maximum Gasteiger partial charge on any atom is 0.302 e. The number of halogens is 1. The van der Waals surface area contributed by atoms with Gasteiger partial charge >= 0.3 is 5.75 Å². The minimum Gasteiger partial charge on any atom is -0.346 e. The third-order valence-corrected chi connectivity index (χ3v) is 0.402. The summed E-state index contributed by atoms with van der Waals surface area (Å²) in [5, 5.41) is 11.6. The molecule has 1 atom stereocenters. The normalized spacial score (nSPS) is 12.5. The average Bonchev–Trinajstić information content (AvgIpc) is 1.61. The number of aliphatic hydroxyl groups is 1. The van der Waals surface area contributed by atoms with E-state index in [0.717, 1.165) is 0 Å². The highest BCUT2D eigenvalue weighted by Crippen LogP contribution is 1.92. The van der Waals surface area contributed by atoms with Crippen LogP contribution in [0.25, 0.3) is 0 Å². The van der Waals surface area contributed by atoms with Crippen LogP contribution in [0.5, 0.6) is 0 Å². The Hall–Kier alpha value is -0.280. The highest BCUT2D eigenvalue weighted by Gasteiger charge is 1.91. The van der Waals surface area contributed by atoms with Crippen LogP contribution in [-0.2, 0) is 4.84 Å². The number of alkyl halides is 1. The topological polar surface area (TPSA) is 41.8 Å². The molecule has 3 nitrogen and oxygen atoms in total. The molecule has 0 spiro atoms. The van der Waals surface area contributed by atoms with Gasteiger partial charge < -0.3 is 9.94 Å². The molecule has 48 valence electrons. The SMILES string of the molecule is CC(C)=NOC(O)Cl. The Labute approximate surface area is 52.9 Å². The fourth-order valence-corrected chi connectivity index (χ4v) is 0.189. The Kier molecular flexibility index (Phi) is 3.56. The second kappa shape index (κ2) is 3.69. The predicted molar refractivity (Wildman–Crippen MR) is 31.7 cm³/mol. The van der Waals surface area contributed by atoms with Gasteiger partial charge in [0.15, 0.2) is 0 Å². The largest absolute Gasteiger partial charge is 0.346 e. The molecular weight excluding hydrogens is 130 g/mol. The third kappa shape index (κ3) is 5.72. The zero-order valence-electron chi connectivity index (χ0n) is 4.76. The molecule has 0 bridgehead atoms. The van der Waals surface area contributed by atoms with Crippen molar-refractivity contribution in [2.75, 3.05) is 0 Å². The molecule has 0 aromatic heterocycles. The summed E-state index contributed by atoms with van der Waals surface area (Å²) >= 11 is 4.95. The summed E-state index contributed by atoms with van der Waals surface area (Å²) in [7, 11) is 0. The Morgan fingerprint density at radius 1 is 1.75 bits per heavy atom. The number of oxime groups is 1. The molecule has 8 heavy (non-hydrogen) atoms. The lowest BCUT2D eigenvalue weighted by Crippen LogP contribution is -1.98. The van der Waals surface area contributed by atoms with E-state index in [0.29, 0.717) is 5.71 Å². The van der Waals surface area contributed by atoms with Crippen LogP contribution in [0.2, 0.25) is 0 Å². The van der Waals surface area contributed by atoms with E-state index in [1.54, 1.807) is 13.8 Å². The van der Waals surface area contributed by atoms with Crippen molar-refractivity contribution in [1.29, 1.82) is 0 Å². The molecule has 0 radical (unpaired) electrons. The summed E-state index contributed by atoms with van der Waals surface area (Å²) in [6, 6.07) is 0. The van der Waals surface area contributed by atoms with Crippen LogP contribution in [0.3, 0.4) is 0 Å². The molecule has 0 rings (SSSR count). The molecule has 0 aromatic carbocycles. The molecule has 0 saturated heterocycles. The molecular formula is C4H8ClNO2. The Bertz CT molecular complexity index is 88.0. The molecule has 0 aliphatic rings. The van der Waals surface area contributed by atoms with Gasteiger partial charge in [-0.25, -0.2) is 0 Å². The first-order valence-electron chi connectivity index (χ1n) is 2.12. The summed E-state index contributed by atoms with van der Waals surface area (Å²) in [5.41, 5.74) is 0.713. The third-order valence-electron chi connectivity index (χ3n) is 0.322. The zero-order chi connectivity index (χ0) is 6.57. The first kappa shape index (κ1) is 7.72. The second-order valence-electron chi connectivity index (χ2n) is 1.44. The first-order chi connectivity index (χ1) is 3.63. The maximum atomic E-state index is 8.24. The molecule has 1 N–H and O–H groups in total. The average molecular weight is 138 g/mol. The molecule has 0 amide bonds. The van der Waals surface area contributed by atoms with E-state index in [4.69, 9.17) is 16.7 Å². The summed E-state index contributed by atoms with van der Waals surface area (Å²) in [6.07, 6.45) is 0. The lowest BCUT2D eigenvalue weighted by Gasteiger charge is -1.96. The lowest BCUT2D eigenvalue weighted by molar-refractivity contribution is -0.0362. The van der Waals surface area contributed by atoms with Gasteiger partial charge in [-0.05, 0) is 25.4 Å². The van der Waals surface area contributed by atoms with Crippen molar-refractivity contribution in [3.05, 3.63) is 0 Å². The highest BCUT2D eigenvalue weighted by molar-refractivity contribution is 6.18. The van der Waals surface area contributed by atoms with Crippen molar-refractivity contribution < 1.29 is 9.94 Å². The van der Waals surface area contributed by atoms with Gasteiger partial charge in [-0.2, -0.15) is 0 Å². The van der Waals surface area contributed by atoms with E-state index in [1.165, 1.54) is 0 Å². The van der Waals surface area contributed by atoms with Crippen LogP contribution in [-0.4, -0.2) is 16.6 Å². The van der Waals surface area contributed by atoms with Crippen LogP contribution < -0.4 is 0 Å². The fraction of sp³-hybridized carbons (Fsp3) is 0.750. The molecule has 0 aliphatic heterocycles. The maximum absolute atomic E-state index is 8.24. The summed E-state index contributed by atoms with van der Waals surface area (Å²) < 4.78 is 0. The van der Waals surface area contributed by atoms with E-state index >= 15 is 0 Å². The zero-order valence-corrected chi connectivity index (χ0v) is 5.51. The van der Waals surface area contributed by atoms with Gasteiger partial charge in [-0.1, -0.05) is 5.16 Å². The van der Waals surface area contributed by atoms with Crippen LogP contribution >= 0.6 is 11.6 Å². The highest BCUT2D eigenvalue weighted by atomic mass is 35.5. The van der Waals surface area contributed by atoms with Crippen LogP contribution in [0, 0.1) is 0 Å². The Balaban J connectivity index is 3.29. The van der Waals surface area contributed by atoms with Crippen molar-refractivity contribution in [1.82, 2.24) is 0 Å². The van der Waals surface area contributed by atoms with Gasteiger partial charge in [0.05, 0.1) is 5.71 Å². The van der Waals surface area contributed by atoms with E-state index < -0.39 is 5.75 Å². The van der Waals surface area contributed by atoms with Gasteiger partial charge in [0.2, 0.25) is 0 Å². The molecule has 1 unspecified atom stereocenters. The van der Waals surface area contributed by atoms with Crippen molar-refractivity contribution in [2.24, 2.45) is 5.16 Å². The Morgan fingerprint density at radius 2 is 2.25 bits per heavy atom. The molecule has 4 heteroatoms. The Morgan fingerprint density at radius 3 is 2.38 bits per heavy atom. The predicted octanol–water partition coefficient (Wildman–Crippen LogP) is 0.913. The monoisotopic (exact) mass is 137 g/mol. The minimum atomic E-state index is -1.33. The van der Waals surface area contributed by atoms with Crippen LogP contribution in [0.15, 0.2) is 5.16 Å². The van der Waals surface area contributed by atoms with Crippen LogP contribution in [0.4, 0.5) is 0 Å². The molecule has 0 aromatic rings. The summed E-state index contributed by atoms with van der Waals surface area (Å²) in [6.45, 7) is 3.47. The van der Waals surface area contributed by atoms with E-state index in [9.17, 15) is 0 Å². The number of hydrogen-bond acceptors (Lipinski definition) is 3. The first-order valence-corrected chi connectivity index (χ1v) is 2.55. The second-order valence-corrected chi connectivity index (χ2v) is 1.81. The molecule has 0 saturated carbocycles. The molecule has 0 heterocycles. The van der Waals surface area contributed by atoms with Crippen molar-refractivity contribution in [3.63, 3.8) is 0 Å². The van der Waals surface area contributed by atoms with Crippen molar-refractivity contribution in [3.8, 4) is 0 Å². The van der Waals surface area contributed by atoms with Gasteiger partial charge in [0, 0.05) is 0 Å².